The molecule has 0 heterocycles. The van der Waals surface area contributed by atoms with Gasteiger partial charge in [0.15, 0.2) is 5.78 Å². The highest BCUT2D eigenvalue weighted by molar-refractivity contribution is 5.96. The van der Waals surface area contributed by atoms with Gasteiger partial charge in [0, 0.05) is 12.5 Å². The highest BCUT2D eigenvalue weighted by Crippen LogP contribution is 2.21. The number of hydrogen-bond acceptors (Lipinski definition) is 2. The summed E-state index contributed by atoms with van der Waals surface area (Å²) in [5.74, 6) is 0.496. The first-order valence-electron chi connectivity index (χ1n) is 7.48. The van der Waals surface area contributed by atoms with Gasteiger partial charge >= 0.3 is 0 Å². The largest absolute Gasteiger partial charge is 0.309 e. The highest BCUT2D eigenvalue weighted by Gasteiger charge is 2.21. The minimum absolute atomic E-state index is 0.173. The number of Topliss-reactive ketones (excluding diaryl/α,β-unsaturated/α-hetero) is 1. The summed E-state index contributed by atoms with van der Waals surface area (Å²) in [4.78, 5) is 14.5. The molecule has 0 bridgehead atoms. The second-order valence-corrected chi connectivity index (χ2v) is 5.94. The number of hydrogen-bond donors (Lipinski definition) is 0. The average Bonchev–Trinajstić information content (AvgIpc) is 2.32. The van der Waals surface area contributed by atoms with E-state index in [-0.39, 0.29) is 5.92 Å². The summed E-state index contributed by atoms with van der Waals surface area (Å²) in [5, 5.41) is 0. The maximum Gasteiger partial charge on any atom is 0.162 e. The monoisotopic (exact) mass is 251 g/mol. The number of nitrogens with zero attached hydrogens (tertiary/aromatic N) is 1. The van der Waals surface area contributed by atoms with Crippen molar-refractivity contribution in [1.29, 1.82) is 0 Å². The Hall–Kier alpha value is -0.630. The van der Waals surface area contributed by atoms with Crippen LogP contribution >= 0.6 is 0 Å². The summed E-state index contributed by atoms with van der Waals surface area (Å²) in [6.45, 7) is 4.89. The molecule has 1 aliphatic carbocycles. The summed E-state index contributed by atoms with van der Waals surface area (Å²) >= 11 is 0. The number of allylic oxidation sites excluding steroid dienone is 1. The zero-order valence-electron chi connectivity index (χ0n) is 12.2. The highest BCUT2D eigenvalue weighted by atomic mass is 16.1. The number of carbonyl (C=O) groups is 1. The summed E-state index contributed by atoms with van der Waals surface area (Å²) in [5.41, 5.74) is 0.863. The standard InChI is InChI=1S/C16H29NO/c1-14-11-9-7-5-4-6-8-10-12-15(16(14)18)13-17(2)3/h15H,1,4-13H2,2-3H3. The summed E-state index contributed by atoms with van der Waals surface area (Å²) in [7, 11) is 4.10. The Morgan fingerprint density at radius 2 is 1.61 bits per heavy atom. The van der Waals surface area contributed by atoms with Crippen LogP contribution in [0.15, 0.2) is 12.2 Å². The van der Waals surface area contributed by atoms with E-state index in [2.05, 4.69) is 11.5 Å². The minimum atomic E-state index is 0.173. The fraction of sp³-hybridized carbons (Fsp3) is 0.812. The molecule has 2 heteroatoms. The fourth-order valence-corrected chi connectivity index (χ4v) is 2.77. The lowest BCUT2D eigenvalue weighted by Crippen LogP contribution is -2.28. The molecule has 0 aromatic rings. The molecule has 1 aliphatic rings. The van der Waals surface area contributed by atoms with Gasteiger partial charge in [0.25, 0.3) is 0 Å². The van der Waals surface area contributed by atoms with Crippen LogP contribution in [0, 0.1) is 5.92 Å². The first-order chi connectivity index (χ1) is 8.61. The molecule has 1 unspecified atom stereocenters. The topological polar surface area (TPSA) is 20.3 Å². The Kier molecular flexibility index (Phi) is 7.26. The van der Waals surface area contributed by atoms with Crippen molar-refractivity contribution in [2.75, 3.05) is 20.6 Å². The van der Waals surface area contributed by atoms with Crippen LogP contribution in [0.5, 0.6) is 0 Å². The van der Waals surface area contributed by atoms with Gasteiger partial charge in [-0.2, -0.15) is 0 Å². The van der Waals surface area contributed by atoms with Crippen molar-refractivity contribution < 1.29 is 4.79 Å². The smallest absolute Gasteiger partial charge is 0.162 e. The molecule has 104 valence electrons. The third-order valence-corrected chi connectivity index (χ3v) is 3.84. The van der Waals surface area contributed by atoms with Crippen LogP contribution in [0.4, 0.5) is 0 Å². The van der Waals surface area contributed by atoms with Gasteiger partial charge in [0.05, 0.1) is 0 Å². The van der Waals surface area contributed by atoms with Gasteiger partial charge < -0.3 is 4.90 Å². The summed E-state index contributed by atoms with van der Waals surface area (Å²) in [6.07, 6.45) is 10.8. The van der Waals surface area contributed by atoms with E-state index >= 15 is 0 Å². The Morgan fingerprint density at radius 1 is 1.06 bits per heavy atom. The molecule has 0 aromatic heterocycles. The molecular weight excluding hydrogens is 222 g/mol. The Bertz CT molecular complexity index is 270. The second-order valence-electron chi connectivity index (χ2n) is 5.94. The Labute approximate surface area is 112 Å². The first-order valence-corrected chi connectivity index (χ1v) is 7.48. The van der Waals surface area contributed by atoms with E-state index in [9.17, 15) is 4.79 Å². The molecule has 1 fully saturated rings. The lowest BCUT2D eigenvalue weighted by Gasteiger charge is -2.21. The summed E-state index contributed by atoms with van der Waals surface area (Å²) < 4.78 is 0. The van der Waals surface area contributed by atoms with Crippen LogP contribution in [0.1, 0.15) is 57.8 Å². The quantitative estimate of drug-likeness (QED) is 0.695. The van der Waals surface area contributed by atoms with Gasteiger partial charge in [0.2, 0.25) is 0 Å². The molecule has 0 aromatic carbocycles. The van der Waals surface area contributed by atoms with Gasteiger partial charge in [-0.05, 0) is 38.9 Å². The molecule has 1 saturated carbocycles. The van der Waals surface area contributed by atoms with E-state index in [1.54, 1.807) is 0 Å². The van der Waals surface area contributed by atoms with E-state index in [0.29, 0.717) is 5.78 Å². The van der Waals surface area contributed by atoms with E-state index in [4.69, 9.17) is 0 Å². The van der Waals surface area contributed by atoms with Crippen molar-refractivity contribution in [3.8, 4) is 0 Å². The second kappa shape index (κ2) is 8.47. The van der Waals surface area contributed by atoms with Crippen LogP contribution in [-0.2, 0) is 4.79 Å². The average molecular weight is 251 g/mol. The van der Waals surface area contributed by atoms with Gasteiger partial charge in [-0.1, -0.05) is 45.1 Å². The fourth-order valence-electron chi connectivity index (χ4n) is 2.77. The molecule has 1 atom stereocenters. The van der Waals surface area contributed by atoms with Gasteiger partial charge in [-0.25, -0.2) is 0 Å². The zero-order chi connectivity index (χ0) is 13.4. The Morgan fingerprint density at radius 3 is 2.22 bits per heavy atom. The third kappa shape index (κ3) is 5.81. The van der Waals surface area contributed by atoms with E-state index < -0.39 is 0 Å². The molecule has 0 spiro atoms. The van der Waals surface area contributed by atoms with E-state index in [1.807, 2.05) is 14.1 Å². The molecule has 0 radical (unpaired) electrons. The molecule has 0 aliphatic heterocycles. The molecule has 1 rings (SSSR count). The van der Waals surface area contributed by atoms with Crippen LogP contribution < -0.4 is 0 Å². The molecule has 2 nitrogen and oxygen atoms in total. The maximum absolute atomic E-state index is 12.4. The predicted molar refractivity (Wildman–Crippen MR) is 77.7 cm³/mol. The van der Waals surface area contributed by atoms with Crippen LogP contribution in [-0.4, -0.2) is 31.3 Å². The first kappa shape index (κ1) is 15.4. The SMILES string of the molecule is C=C1CCCCCCCCCC(CN(C)C)C1=O. The van der Waals surface area contributed by atoms with Crippen molar-refractivity contribution in [3.05, 3.63) is 12.2 Å². The normalized spacial score (nSPS) is 24.7. The van der Waals surface area contributed by atoms with Crippen molar-refractivity contribution in [1.82, 2.24) is 4.90 Å². The van der Waals surface area contributed by atoms with Crippen molar-refractivity contribution in [2.45, 2.75) is 57.8 Å². The maximum atomic E-state index is 12.4. The van der Waals surface area contributed by atoms with Gasteiger partial charge in [-0.3, -0.25) is 4.79 Å². The van der Waals surface area contributed by atoms with E-state index in [0.717, 1.165) is 31.4 Å². The van der Waals surface area contributed by atoms with Crippen LogP contribution in [0.3, 0.4) is 0 Å². The van der Waals surface area contributed by atoms with Crippen molar-refractivity contribution in [3.63, 3.8) is 0 Å². The number of rotatable bonds is 2. The van der Waals surface area contributed by atoms with Crippen LogP contribution in [0.25, 0.3) is 0 Å². The van der Waals surface area contributed by atoms with Crippen LogP contribution in [0.2, 0.25) is 0 Å². The minimum Gasteiger partial charge on any atom is -0.309 e. The molecule has 0 N–H and O–H groups in total. The van der Waals surface area contributed by atoms with Gasteiger partial charge in [0.1, 0.15) is 0 Å². The molecule has 18 heavy (non-hydrogen) atoms. The lowest BCUT2D eigenvalue weighted by atomic mass is 9.89. The molecule has 0 saturated heterocycles. The molecular formula is C16H29NO. The molecule has 0 amide bonds. The lowest BCUT2D eigenvalue weighted by molar-refractivity contribution is -0.120. The zero-order valence-corrected chi connectivity index (χ0v) is 12.2. The number of ketones is 1. The van der Waals surface area contributed by atoms with Gasteiger partial charge in [-0.15, -0.1) is 0 Å². The van der Waals surface area contributed by atoms with Crippen molar-refractivity contribution in [2.24, 2.45) is 5.92 Å². The van der Waals surface area contributed by atoms with Crippen molar-refractivity contribution >= 4 is 5.78 Å². The third-order valence-electron chi connectivity index (χ3n) is 3.84. The summed E-state index contributed by atoms with van der Waals surface area (Å²) in [6, 6.07) is 0. The predicted octanol–water partition coefficient (Wildman–Crippen LogP) is 3.81. The number of carbonyl (C=O) groups excluding carboxylic acids is 1. The Balaban J connectivity index is 2.58. The van der Waals surface area contributed by atoms with E-state index in [1.165, 1.54) is 38.5 Å².